The Morgan fingerprint density at radius 2 is 2.15 bits per heavy atom. The zero-order valence-electron chi connectivity index (χ0n) is 6.53. The molecule has 1 rings (SSSR count). The van der Waals surface area contributed by atoms with Gasteiger partial charge in [-0.15, -0.1) is 0 Å². The first-order chi connectivity index (χ1) is 6.09. The molecule has 1 N–H and O–H groups in total. The van der Waals surface area contributed by atoms with Crippen molar-refractivity contribution >= 4 is 39.9 Å². The minimum atomic E-state index is -2.37. The number of alkyl halides is 2. The van der Waals surface area contributed by atoms with Gasteiger partial charge in [0.2, 0.25) is 0 Å². The van der Waals surface area contributed by atoms with Crippen molar-refractivity contribution in [3.8, 4) is 0 Å². The molecule has 13 heavy (non-hydrogen) atoms. The predicted molar refractivity (Wildman–Crippen MR) is 58.7 cm³/mol. The van der Waals surface area contributed by atoms with Crippen molar-refractivity contribution in [3.63, 3.8) is 0 Å². The zero-order valence-corrected chi connectivity index (χ0v) is 9.44. The molecule has 0 heterocycles. The maximum absolute atomic E-state index is 11.8. The van der Waals surface area contributed by atoms with Gasteiger partial charge in [0.1, 0.15) is 0 Å². The molecule has 0 radical (unpaired) electrons. The molecule has 0 aliphatic carbocycles. The molecule has 0 aliphatic heterocycles. The third-order valence-corrected chi connectivity index (χ3v) is 2.36. The van der Waals surface area contributed by atoms with E-state index in [0.29, 0.717) is 10.7 Å². The first-order valence-corrected chi connectivity index (χ1v) is 5.02. The Hall–Kier alpha value is -0.100. The normalized spacial score (nSPS) is 10.5. The van der Waals surface area contributed by atoms with E-state index in [0.717, 1.165) is 3.57 Å². The molecule has 0 fully saturated rings. The van der Waals surface area contributed by atoms with E-state index in [-0.39, 0.29) is 6.54 Å². The van der Waals surface area contributed by atoms with Crippen LogP contribution in [-0.4, -0.2) is 13.0 Å². The van der Waals surface area contributed by atoms with Gasteiger partial charge in [-0.2, -0.15) is 0 Å². The number of hydrogen-bond donors (Lipinski definition) is 1. The highest BCUT2D eigenvalue weighted by Gasteiger charge is 2.04. The van der Waals surface area contributed by atoms with Gasteiger partial charge < -0.3 is 5.32 Å². The second-order valence-electron chi connectivity index (χ2n) is 2.40. The van der Waals surface area contributed by atoms with Gasteiger partial charge in [0.25, 0.3) is 6.43 Å². The van der Waals surface area contributed by atoms with Crippen LogP contribution in [0.2, 0.25) is 5.02 Å². The lowest BCUT2D eigenvalue weighted by atomic mass is 10.3. The van der Waals surface area contributed by atoms with Crippen LogP contribution >= 0.6 is 34.2 Å². The van der Waals surface area contributed by atoms with Crippen molar-refractivity contribution in [2.75, 3.05) is 11.9 Å². The summed E-state index contributed by atoms with van der Waals surface area (Å²) in [6, 6.07) is 5.21. The molecule has 1 nitrogen and oxygen atoms in total. The van der Waals surface area contributed by atoms with Gasteiger partial charge in [-0.3, -0.25) is 0 Å². The smallest absolute Gasteiger partial charge is 0.255 e. The SMILES string of the molecule is FC(F)CNc1ccc(I)cc1Cl. The van der Waals surface area contributed by atoms with Crippen molar-refractivity contribution < 1.29 is 8.78 Å². The van der Waals surface area contributed by atoms with E-state index in [1.807, 2.05) is 0 Å². The minimum Gasteiger partial charge on any atom is -0.378 e. The van der Waals surface area contributed by atoms with E-state index < -0.39 is 6.43 Å². The third kappa shape index (κ3) is 3.64. The van der Waals surface area contributed by atoms with Crippen molar-refractivity contribution in [1.29, 1.82) is 0 Å². The molecule has 0 spiro atoms. The average molecular weight is 318 g/mol. The monoisotopic (exact) mass is 317 g/mol. The van der Waals surface area contributed by atoms with E-state index in [4.69, 9.17) is 11.6 Å². The lowest BCUT2D eigenvalue weighted by Gasteiger charge is -2.07. The van der Waals surface area contributed by atoms with E-state index >= 15 is 0 Å². The fourth-order valence-corrected chi connectivity index (χ4v) is 1.74. The molecule has 5 heteroatoms. The van der Waals surface area contributed by atoms with Crippen LogP contribution < -0.4 is 5.32 Å². The topological polar surface area (TPSA) is 12.0 Å². The quantitative estimate of drug-likeness (QED) is 0.840. The summed E-state index contributed by atoms with van der Waals surface area (Å²) in [7, 11) is 0. The fraction of sp³-hybridized carbons (Fsp3) is 0.250. The first kappa shape index (κ1) is 11.0. The Morgan fingerprint density at radius 1 is 1.46 bits per heavy atom. The second-order valence-corrected chi connectivity index (χ2v) is 4.05. The second kappa shape index (κ2) is 4.95. The summed E-state index contributed by atoms with van der Waals surface area (Å²) in [5, 5.41) is 3.02. The zero-order chi connectivity index (χ0) is 9.84. The fourth-order valence-electron chi connectivity index (χ4n) is 0.820. The highest BCUT2D eigenvalue weighted by molar-refractivity contribution is 14.1. The molecule has 0 saturated carbocycles. The molecule has 0 saturated heterocycles. The Labute approximate surface area is 93.6 Å². The summed E-state index contributed by atoms with van der Waals surface area (Å²) in [4.78, 5) is 0. The molecule has 1 aromatic rings. The van der Waals surface area contributed by atoms with Crippen molar-refractivity contribution in [2.24, 2.45) is 0 Å². The molecular weight excluding hydrogens is 310 g/mol. The highest BCUT2D eigenvalue weighted by atomic mass is 127. The number of nitrogens with one attached hydrogen (secondary N) is 1. The summed E-state index contributed by atoms with van der Waals surface area (Å²) < 4.78 is 24.6. The molecule has 1 aromatic carbocycles. The molecule has 0 bridgehead atoms. The van der Waals surface area contributed by atoms with Crippen LogP contribution in [0.1, 0.15) is 0 Å². The van der Waals surface area contributed by atoms with Gasteiger partial charge in [0.15, 0.2) is 0 Å². The molecular formula is C8H7ClF2IN. The number of benzene rings is 1. The number of hydrogen-bond acceptors (Lipinski definition) is 1. The van der Waals surface area contributed by atoms with Crippen LogP contribution in [0, 0.1) is 3.57 Å². The standard InChI is InChI=1S/C8H7ClF2IN/c9-6-3-5(12)1-2-7(6)13-4-8(10)11/h1-3,8,13H,4H2. The molecule has 72 valence electrons. The summed E-state index contributed by atoms with van der Waals surface area (Å²) >= 11 is 7.90. The summed E-state index contributed by atoms with van der Waals surface area (Å²) in [5.74, 6) is 0. The van der Waals surface area contributed by atoms with E-state index in [1.165, 1.54) is 0 Å². The summed E-state index contributed by atoms with van der Waals surface area (Å²) in [6.45, 7) is -0.375. The minimum absolute atomic E-state index is 0.375. The maximum Gasteiger partial charge on any atom is 0.255 e. The van der Waals surface area contributed by atoms with Crippen LogP contribution in [0.15, 0.2) is 18.2 Å². The van der Waals surface area contributed by atoms with Crippen molar-refractivity contribution in [1.82, 2.24) is 0 Å². The van der Waals surface area contributed by atoms with Crippen LogP contribution in [-0.2, 0) is 0 Å². The molecule has 0 aliphatic rings. The van der Waals surface area contributed by atoms with Gasteiger partial charge in [-0.05, 0) is 40.8 Å². The van der Waals surface area contributed by atoms with Gasteiger partial charge in [-0.25, -0.2) is 8.78 Å². The summed E-state index contributed by atoms with van der Waals surface area (Å²) in [5.41, 5.74) is 0.544. The molecule has 0 amide bonds. The maximum atomic E-state index is 11.8. The number of rotatable bonds is 3. The summed E-state index contributed by atoms with van der Waals surface area (Å²) in [6.07, 6.45) is -2.37. The Kier molecular flexibility index (Phi) is 4.18. The Morgan fingerprint density at radius 3 is 2.69 bits per heavy atom. The van der Waals surface area contributed by atoms with Crippen LogP contribution in [0.3, 0.4) is 0 Å². The Balaban J connectivity index is 2.67. The average Bonchev–Trinajstić information content (AvgIpc) is 2.02. The first-order valence-electron chi connectivity index (χ1n) is 3.56. The van der Waals surface area contributed by atoms with E-state index in [1.54, 1.807) is 18.2 Å². The van der Waals surface area contributed by atoms with Gasteiger partial charge in [0, 0.05) is 3.57 Å². The highest BCUT2D eigenvalue weighted by Crippen LogP contribution is 2.23. The number of anilines is 1. The van der Waals surface area contributed by atoms with Crippen LogP contribution in [0.25, 0.3) is 0 Å². The Bertz CT molecular complexity index is 293. The van der Waals surface area contributed by atoms with Crippen LogP contribution in [0.5, 0.6) is 0 Å². The van der Waals surface area contributed by atoms with Crippen molar-refractivity contribution in [3.05, 3.63) is 26.8 Å². The largest absolute Gasteiger partial charge is 0.378 e. The predicted octanol–water partition coefficient (Wildman–Crippen LogP) is 3.62. The molecule has 0 atom stereocenters. The van der Waals surface area contributed by atoms with E-state index in [9.17, 15) is 8.78 Å². The van der Waals surface area contributed by atoms with Gasteiger partial charge in [0.05, 0.1) is 17.3 Å². The van der Waals surface area contributed by atoms with Gasteiger partial charge in [-0.1, -0.05) is 11.6 Å². The lowest BCUT2D eigenvalue weighted by molar-refractivity contribution is 0.163. The van der Waals surface area contributed by atoms with E-state index in [2.05, 4.69) is 27.9 Å². The lowest BCUT2D eigenvalue weighted by Crippen LogP contribution is -2.10. The van der Waals surface area contributed by atoms with Gasteiger partial charge >= 0.3 is 0 Å². The molecule has 0 aromatic heterocycles. The third-order valence-electron chi connectivity index (χ3n) is 1.38. The van der Waals surface area contributed by atoms with Crippen molar-refractivity contribution in [2.45, 2.75) is 6.43 Å². The van der Waals surface area contributed by atoms with Crippen LogP contribution in [0.4, 0.5) is 14.5 Å². The molecule has 0 unspecified atom stereocenters. The number of halogens is 4.